The fraction of sp³-hybridized carbons (Fsp3) is 0.300. The topological polar surface area (TPSA) is 43.9 Å². The second-order valence-electron chi connectivity index (χ2n) is 6.60. The van der Waals surface area contributed by atoms with Crippen LogP contribution >= 0.6 is 0 Å². The summed E-state index contributed by atoms with van der Waals surface area (Å²) < 4.78 is 14.0. The molecule has 2 aliphatic heterocycles. The van der Waals surface area contributed by atoms with Crippen molar-refractivity contribution < 1.29 is 14.0 Å². The van der Waals surface area contributed by atoms with E-state index in [1.54, 1.807) is 24.3 Å². The smallest absolute Gasteiger partial charge is 0.251 e. The van der Waals surface area contributed by atoms with Gasteiger partial charge in [-0.3, -0.25) is 14.5 Å². The highest BCUT2D eigenvalue weighted by Crippen LogP contribution is 2.27. The van der Waals surface area contributed by atoms with E-state index in [-0.39, 0.29) is 24.1 Å². The zero-order valence-corrected chi connectivity index (χ0v) is 14.3. The molecule has 0 aromatic heterocycles. The van der Waals surface area contributed by atoms with Gasteiger partial charge in [0.05, 0.1) is 23.8 Å². The van der Waals surface area contributed by atoms with Crippen molar-refractivity contribution in [2.45, 2.75) is 12.5 Å². The van der Waals surface area contributed by atoms with E-state index in [0.29, 0.717) is 37.6 Å². The Hall–Kier alpha value is -2.73. The first-order valence-electron chi connectivity index (χ1n) is 8.80. The number of benzene rings is 2. The zero-order chi connectivity index (χ0) is 18.1. The number of halogens is 1. The van der Waals surface area contributed by atoms with Gasteiger partial charge >= 0.3 is 0 Å². The number of anilines is 2. The number of piperazine rings is 1. The van der Waals surface area contributed by atoms with Crippen LogP contribution in [0.4, 0.5) is 15.8 Å². The van der Waals surface area contributed by atoms with Gasteiger partial charge in [-0.1, -0.05) is 30.3 Å². The third-order valence-electron chi connectivity index (χ3n) is 5.09. The maximum atomic E-state index is 14.0. The van der Waals surface area contributed by atoms with Crippen molar-refractivity contribution in [1.29, 1.82) is 0 Å². The first kappa shape index (κ1) is 16.7. The van der Waals surface area contributed by atoms with Crippen LogP contribution in [0, 0.1) is 5.82 Å². The molecular formula is C20H20FN3O2. The van der Waals surface area contributed by atoms with Crippen molar-refractivity contribution in [2.75, 3.05) is 36.0 Å². The Bertz CT molecular complexity index is 819. The van der Waals surface area contributed by atoms with Gasteiger partial charge in [0.2, 0.25) is 5.91 Å². The van der Waals surface area contributed by atoms with Gasteiger partial charge in [-0.05, 0) is 24.3 Å². The molecule has 1 atom stereocenters. The third kappa shape index (κ3) is 2.97. The predicted octanol–water partition coefficient (Wildman–Crippen LogP) is 2.28. The molecule has 2 aliphatic rings. The number of hydrogen-bond acceptors (Lipinski definition) is 4. The van der Waals surface area contributed by atoms with Crippen LogP contribution < -0.4 is 9.80 Å². The molecule has 6 heteroatoms. The number of hydrogen-bond donors (Lipinski definition) is 0. The molecule has 2 heterocycles. The van der Waals surface area contributed by atoms with Crippen LogP contribution in [0.5, 0.6) is 0 Å². The molecule has 0 N–H and O–H groups in total. The highest BCUT2D eigenvalue weighted by Gasteiger charge is 2.43. The molecule has 0 bridgehead atoms. The van der Waals surface area contributed by atoms with Gasteiger partial charge < -0.3 is 4.90 Å². The van der Waals surface area contributed by atoms with Gasteiger partial charge in [0.1, 0.15) is 5.82 Å². The molecule has 2 saturated heterocycles. The fourth-order valence-corrected chi connectivity index (χ4v) is 3.73. The fourth-order valence-electron chi connectivity index (χ4n) is 3.73. The molecule has 2 amide bonds. The maximum absolute atomic E-state index is 14.0. The quantitative estimate of drug-likeness (QED) is 0.794. The molecule has 2 aromatic carbocycles. The predicted molar refractivity (Wildman–Crippen MR) is 97.5 cm³/mol. The number of carbonyl (C=O) groups is 2. The monoisotopic (exact) mass is 353 g/mol. The van der Waals surface area contributed by atoms with Crippen LogP contribution in [0.2, 0.25) is 0 Å². The number of nitrogens with zero attached hydrogens (tertiary/aromatic N) is 3. The molecule has 0 spiro atoms. The van der Waals surface area contributed by atoms with E-state index in [1.165, 1.54) is 11.0 Å². The number of rotatable bonds is 3. The summed E-state index contributed by atoms with van der Waals surface area (Å²) >= 11 is 0. The summed E-state index contributed by atoms with van der Waals surface area (Å²) in [6.45, 7) is 2.51. The van der Waals surface area contributed by atoms with Gasteiger partial charge in [0.15, 0.2) is 0 Å². The Kier molecular flexibility index (Phi) is 4.42. The Morgan fingerprint density at radius 3 is 2.19 bits per heavy atom. The van der Waals surface area contributed by atoms with Gasteiger partial charge in [-0.2, -0.15) is 0 Å². The normalized spacial score (nSPS) is 21.5. The highest BCUT2D eigenvalue weighted by atomic mass is 19.1. The molecule has 26 heavy (non-hydrogen) atoms. The average molecular weight is 353 g/mol. The summed E-state index contributed by atoms with van der Waals surface area (Å²) in [5, 5.41) is 0. The van der Waals surface area contributed by atoms with Crippen molar-refractivity contribution in [1.82, 2.24) is 4.90 Å². The van der Waals surface area contributed by atoms with E-state index in [4.69, 9.17) is 0 Å². The first-order chi connectivity index (χ1) is 12.6. The lowest BCUT2D eigenvalue weighted by Gasteiger charge is -2.38. The van der Waals surface area contributed by atoms with E-state index in [2.05, 4.69) is 0 Å². The zero-order valence-electron chi connectivity index (χ0n) is 14.3. The van der Waals surface area contributed by atoms with Crippen molar-refractivity contribution in [3.63, 3.8) is 0 Å². The molecule has 4 rings (SSSR count). The van der Waals surface area contributed by atoms with Crippen LogP contribution in [0.3, 0.4) is 0 Å². The average Bonchev–Trinajstić information content (AvgIpc) is 2.97. The Balaban J connectivity index is 1.44. The number of para-hydroxylation sites is 2. The summed E-state index contributed by atoms with van der Waals surface area (Å²) in [6.07, 6.45) is 0.202. The minimum atomic E-state index is -0.425. The number of imide groups is 1. The van der Waals surface area contributed by atoms with Crippen LogP contribution in [0.1, 0.15) is 6.42 Å². The van der Waals surface area contributed by atoms with Crippen LogP contribution in [0.25, 0.3) is 0 Å². The van der Waals surface area contributed by atoms with E-state index >= 15 is 0 Å². The Labute approximate surface area is 151 Å². The number of carbonyl (C=O) groups excluding carboxylic acids is 2. The van der Waals surface area contributed by atoms with Crippen molar-refractivity contribution in [3.05, 3.63) is 60.4 Å². The largest absolute Gasteiger partial charge is 0.367 e. The SMILES string of the molecule is O=C1CC(N2CCN(c3ccccc3F)CC2)C(=O)N1c1ccccc1. The lowest BCUT2D eigenvalue weighted by atomic mass is 10.1. The van der Waals surface area contributed by atoms with E-state index < -0.39 is 6.04 Å². The van der Waals surface area contributed by atoms with Crippen molar-refractivity contribution in [3.8, 4) is 0 Å². The van der Waals surface area contributed by atoms with Gasteiger partial charge in [0.25, 0.3) is 5.91 Å². The Morgan fingerprint density at radius 1 is 0.846 bits per heavy atom. The minimum Gasteiger partial charge on any atom is -0.367 e. The molecular weight excluding hydrogens is 333 g/mol. The summed E-state index contributed by atoms with van der Waals surface area (Å²) in [6, 6.07) is 15.3. The molecule has 5 nitrogen and oxygen atoms in total. The van der Waals surface area contributed by atoms with Gasteiger partial charge in [-0.25, -0.2) is 9.29 Å². The highest BCUT2D eigenvalue weighted by molar-refractivity contribution is 6.22. The molecule has 2 fully saturated rings. The van der Waals surface area contributed by atoms with Crippen molar-refractivity contribution in [2.24, 2.45) is 0 Å². The lowest BCUT2D eigenvalue weighted by molar-refractivity contribution is -0.123. The second kappa shape index (κ2) is 6.88. The third-order valence-corrected chi connectivity index (χ3v) is 5.09. The Morgan fingerprint density at radius 2 is 1.50 bits per heavy atom. The first-order valence-corrected chi connectivity index (χ1v) is 8.80. The summed E-state index contributed by atoms with van der Waals surface area (Å²) in [7, 11) is 0. The van der Waals surface area contributed by atoms with E-state index in [1.807, 2.05) is 34.1 Å². The summed E-state index contributed by atoms with van der Waals surface area (Å²) in [5.41, 5.74) is 1.21. The maximum Gasteiger partial charge on any atom is 0.251 e. The molecule has 0 aliphatic carbocycles. The molecule has 134 valence electrons. The molecule has 2 aromatic rings. The summed E-state index contributed by atoms with van der Waals surface area (Å²) in [4.78, 5) is 30.5. The van der Waals surface area contributed by atoms with Gasteiger partial charge in [0, 0.05) is 26.2 Å². The van der Waals surface area contributed by atoms with Crippen LogP contribution in [-0.2, 0) is 9.59 Å². The molecule has 0 saturated carbocycles. The van der Waals surface area contributed by atoms with E-state index in [9.17, 15) is 14.0 Å². The van der Waals surface area contributed by atoms with E-state index in [0.717, 1.165) is 0 Å². The number of amides is 2. The van der Waals surface area contributed by atoms with Crippen LogP contribution in [-0.4, -0.2) is 48.9 Å². The molecule has 1 unspecified atom stereocenters. The van der Waals surface area contributed by atoms with Gasteiger partial charge in [-0.15, -0.1) is 0 Å². The molecule has 0 radical (unpaired) electrons. The lowest BCUT2D eigenvalue weighted by Crippen LogP contribution is -2.52. The summed E-state index contributed by atoms with van der Waals surface area (Å²) in [5.74, 6) is -0.563. The second-order valence-corrected chi connectivity index (χ2v) is 6.60. The van der Waals surface area contributed by atoms with Crippen LogP contribution in [0.15, 0.2) is 54.6 Å². The standard InChI is InChI=1S/C20H20FN3O2/c21-16-8-4-5-9-17(16)22-10-12-23(13-11-22)18-14-19(25)24(20(18)26)15-6-2-1-3-7-15/h1-9,18H,10-14H2. The van der Waals surface area contributed by atoms with Crippen molar-refractivity contribution >= 4 is 23.2 Å². The minimum absolute atomic E-state index is 0.164.